The van der Waals surface area contributed by atoms with E-state index < -0.39 is 0 Å². The molecule has 3 nitrogen and oxygen atoms in total. The van der Waals surface area contributed by atoms with Crippen LogP contribution in [0.5, 0.6) is 0 Å². The predicted octanol–water partition coefficient (Wildman–Crippen LogP) is 1.28. The first-order chi connectivity index (χ1) is 4.31. The van der Waals surface area contributed by atoms with E-state index in [0.717, 1.165) is 12.0 Å². The molecule has 0 radical (unpaired) electrons. The molecule has 6 heteroatoms. The molecule has 0 aromatic carbocycles. The van der Waals surface area contributed by atoms with Gasteiger partial charge in [0.1, 0.15) is 0 Å². The first-order valence-corrected chi connectivity index (χ1v) is 4.26. The van der Waals surface area contributed by atoms with E-state index >= 15 is 0 Å². The third-order valence-corrected chi connectivity index (χ3v) is 2.59. The number of hydrogen-bond donors (Lipinski definition) is 3. The van der Waals surface area contributed by atoms with Crippen LogP contribution in [0, 0.1) is 0 Å². The largest absolute Gasteiger partial charge is 0.220 e. The average Bonchev–Trinajstić information content (AvgIpc) is 1.89. The van der Waals surface area contributed by atoms with Crippen molar-refractivity contribution in [3.05, 3.63) is 0 Å². The van der Waals surface area contributed by atoms with Gasteiger partial charge < -0.3 is 0 Å². The molecule has 0 aromatic rings. The van der Waals surface area contributed by atoms with Crippen LogP contribution in [0.2, 0.25) is 0 Å². The molecule has 0 saturated heterocycles. The number of thiol groups is 2. The Morgan fingerprint density at radius 2 is 2.33 bits per heavy atom. The van der Waals surface area contributed by atoms with Crippen molar-refractivity contribution in [1.82, 2.24) is 0 Å². The molecule has 0 amide bonds. The second-order valence-corrected chi connectivity index (χ2v) is 3.06. The number of rotatable bonds is 5. The maximum absolute atomic E-state index is 7.66. The fraction of sp³-hybridized carbons (Fsp3) is 1.00. The van der Waals surface area contributed by atoms with Crippen molar-refractivity contribution in [3.8, 4) is 0 Å². The SMILES string of the molecule is OOOSCC(S)CS. The summed E-state index contributed by atoms with van der Waals surface area (Å²) in [6.45, 7) is 0. The van der Waals surface area contributed by atoms with Crippen molar-refractivity contribution in [2.75, 3.05) is 11.5 Å². The van der Waals surface area contributed by atoms with E-state index in [9.17, 15) is 0 Å². The van der Waals surface area contributed by atoms with Gasteiger partial charge >= 0.3 is 0 Å². The zero-order chi connectivity index (χ0) is 7.11. The maximum atomic E-state index is 7.66. The van der Waals surface area contributed by atoms with Crippen molar-refractivity contribution in [1.29, 1.82) is 0 Å². The third-order valence-electron chi connectivity index (χ3n) is 0.550. The molecule has 1 atom stereocenters. The quantitative estimate of drug-likeness (QED) is 0.200. The molecule has 0 aliphatic rings. The van der Waals surface area contributed by atoms with Gasteiger partial charge in [0.25, 0.3) is 0 Å². The van der Waals surface area contributed by atoms with Crippen molar-refractivity contribution in [3.63, 3.8) is 0 Å². The molecule has 9 heavy (non-hydrogen) atoms. The van der Waals surface area contributed by atoms with E-state index in [0.29, 0.717) is 11.5 Å². The van der Waals surface area contributed by atoms with Gasteiger partial charge in [-0.1, -0.05) is 5.04 Å². The molecule has 0 rings (SSSR count). The van der Waals surface area contributed by atoms with Crippen LogP contribution >= 0.6 is 37.3 Å². The van der Waals surface area contributed by atoms with E-state index in [4.69, 9.17) is 5.26 Å². The molecule has 56 valence electrons. The lowest BCUT2D eigenvalue weighted by atomic mass is 10.6. The minimum absolute atomic E-state index is 0.161. The summed E-state index contributed by atoms with van der Waals surface area (Å²) in [6, 6.07) is 0. The molecule has 0 aliphatic heterocycles. The Hall–Kier alpha value is 0.930. The van der Waals surface area contributed by atoms with Crippen molar-refractivity contribution in [2.24, 2.45) is 0 Å². The van der Waals surface area contributed by atoms with Crippen LogP contribution in [0.3, 0.4) is 0 Å². The Morgan fingerprint density at radius 1 is 1.67 bits per heavy atom. The maximum Gasteiger partial charge on any atom is 0.0357 e. The van der Waals surface area contributed by atoms with Gasteiger partial charge in [0.05, 0.1) is 0 Å². The second-order valence-electron chi connectivity index (χ2n) is 1.26. The normalized spacial score (nSPS) is 13.7. The molecule has 0 heterocycles. The standard InChI is InChI=1S/C3H8O3S3/c4-5-6-9-2-3(8)1-7/h3-4,7-8H,1-2H2. The van der Waals surface area contributed by atoms with Gasteiger partial charge in [-0.3, -0.25) is 0 Å². The highest BCUT2D eigenvalue weighted by Crippen LogP contribution is 2.09. The fourth-order valence-electron chi connectivity index (χ4n) is 0.181. The van der Waals surface area contributed by atoms with Crippen molar-refractivity contribution < 1.29 is 14.6 Å². The van der Waals surface area contributed by atoms with Crippen LogP contribution in [0.15, 0.2) is 0 Å². The van der Waals surface area contributed by atoms with E-state index in [1.165, 1.54) is 0 Å². The van der Waals surface area contributed by atoms with Gasteiger partial charge in [-0.2, -0.15) is 25.3 Å². The molecule has 1 unspecified atom stereocenters. The predicted molar refractivity (Wildman–Crippen MR) is 43.9 cm³/mol. The molecule has 0 aromatic heterocycles. The summed E-state index contributed by atoms with van der Waals surface area (Å²) in [6.07, 6.45) is 0. The lowest BCUT2D eigenvalue weighted by Crippen LogP contribution is -2.03. The van der Waals surface area contributed by atoms with Crippen LogP contribution in [-0.4, -0.2) is 22.0 Å². The Bertz CT molecular complexity index is 62.3. The van der Waals surface area contributed by atoms with Crippen LogP contribution < -0.4 is 0 Å². The summed E-state index contributed by atoms with van der Waals surface area (Å²) >= 11 is 9.05. The van der Waals surface area contributed by atoms with E-state index in [2.05, 4.69) is 34.6 Å². The summed E-state index contributed by atoms with van der Waals surface area (Å²) < 4.78 is 4.10. The van der Waals surface area contributed by atoms with Gasteiger partial charge in [0.15, 0.2) is 0 Å². The highest BCUT2D eigenvalue weighted by molar-refractivity contribution is 7.95. The van der Waals surface area contributed by atoms with Gasteiger partial charge in [-0.05, 0) is 0 Å². The minimum atomic E-state index is 0.161. The topological polar surface area (TPSA) is 38.7 Å². The Kier molecular flexibility index (Phi) is 7.77. The van der Waals surface area contributed by atoms with Gasteiger partial charge in [0.2, 0.25) is 0 Å². The van der Waals surface area contributed by atoms with Gasteiger partial charge in [0, 0.05) is 28.8 Å². The molecular weight excluding hydrogens is 180 g/mol. The van der Waals surface area contributed by atoms with Crippen LogP contribution in [0.4, 0.5) is 0 Å². The molecule has 0 fully saturated rings. The number of hydrogen-bond acceptors (Lipinski definition) is 6. The van der Waals surface area contributed by atoms with Crippen LogP contribution in [-0.2, 0) is 9.37 Å². The Labute approximate surface area is 69.0 Å². The first-order valence-electron chi connectivity index (χ1n) is 2.20. The molecular formula is C3H8O3S3. The van der Waals surface area contributed by atoms with E-state index in [1.807, 2.05) is 0 Å². The zero-order valence-corrected chi connectivity index (χ0v) is 7.16. The summed E-state index contributed by atoms with van der Waals surface area (Å²) in [5.41, 5.74) is 0. The van der Waals surface area contributed by atoms with Crippen molar-refractivity contribution >= 4 is 37.3 Å². The molecule has 0 bridgehead atoms. The monoisotopic (exact) mass is 188 g/mol. The summed E-state index contributed by atoms with van der Waals surface area (Å²) in [5.74, 6) is 1.30. The Morgan fingerprint density at radius 3 is 2.78 bits per heavy atom. The highest BCUT2D eigenvalue weighted by atomic mass is 32.2. The average molecular weight is 188 g/mol. The lowest BCUT2D eigenvalue weighted by molar-refractivity contribution is -0.432. The molecule has 0 saturated carbocycles. The molecule has 1 N–H and O–H groups in total. The summed E-state index contributed by atoms with van der Waals surface area (Å²) in [7, 11) is 0. The van der Waals surface area contributed by atoms with Crippen LogP contribution in [0.25, 0.3) is 0 Å². The first kappa shape index (κ1) is 9.93. The lowest BCUT2D eigenvalue weighted by Gasteiger charge is -2.02. The molecule has 0 aliphatic carbocycles. The zero-order valence-electron chi connectivity index (χ0n) is 4.56. The molecule has 0 spiro atoms. The highest BCUT2D eigenvalue weighted by Gasteiger charge is 1.99. The summed E-state index contributed by atoms with van der Waals surface area (Å²) in [4.78, 5) is 0. The minimum Gasteiger partial charge on any atom is -0.220 e. The van der Waals surface area contributed by atoms with Crippen molar-refractivity contribution in [2.45, 2.75) is 5.25 Å². The second kappa shape index (κ2) is 7.04. The van der Waals surface area contributed by atoms with E-state index in [1.54, 1.807) is 0 Å². The van der Waals surface area contributed by atoms with Gasteiger partial charge in [-0.25, -0.2) is 5.26 Å². The smallest absolute Gasteiger partial charge is 0.0357 e. The Balaban J connectivity index is 2.88. The fourth-order valence-corrected chi connectivity index (χ4v) is 1.04. The summed E-state index contributed by atoms with van der Waals surface area (Å²) in [5, 5.41) is 11.2. The van der Waals surface area contributed by atoms with E-state index in [-0.39, 0.29) is 5.25 Å². The van der Waals surface area contributed by atoms with Gasteiger partial charge in [-0.15, -0.1) is 4.33 Å². The third kappa shape index (κ3) is 6.82. The van der Waals surface area contributed by atoms with Crippen LogP contribution in [0.1, 0.15) is 0 Å².